The van der Waals surface area contributed by atoms with Gasteiger partial charge in [-0.25, -0.2) is 0 Å². The molecule has 1 atom stereocenters. The number of benzene rings is 1. The Balaban J connectivity index is 1.56. The fourth-order valence-corrected chi connectivity index (χ4v) is 3.76. The summed E-state index contributed by atoms with van der Waals surface area (Å²) >= 11 is 0. The van der Waals surface area contributed by atoms with E-state index in [0.717, 1.165) is 29.7 Å². The number of aromatic nitrogens is 3. The third kappa shape index (κ3) is 3.43. The van der Waals surface area contributed by atoms with Crippen molar-refractivity contribution in [2.24, 2.45) is 0 Å². The van der Waals surface area contributed by atoms with Gasteiger partial charge < -0.3 is 14.6 Å². The van der Waals surface area contributed by atoms with E-state index in [1.165, 1.54) is 19.4 Å². The molecule has 1 saturated heterocycles. The van der Waals surface area contributed by atoms with Crippen molar-refractivity contribution in [1.82, 2.24) is 20.1 Å². The molecule has 28 heavy (non-hydrogen) atoms. The summed E-state index contributed by atoms with van der Waals surface area (Å²) in [4.78, 5) is 29.6. The third-order valence-electron chi connectivity index (χ3n) is 5.20. The highest BCUT2D eigenvalue weighted by Gasteiger charge is 2.28. The Morgan fingerprint density at radius 3 is 2.86 bits per heavy atom. The zero-order valence-corrected chi connectivity index (χ0v) is 15.6. The van der Waals surface area contributed by atoms with Gasteiger partial charge in [0.05, 0.1) is 13.3 Å². The lowest BCUT2D eigenvalue weighted by Gasteiger charge is -2.32. The Morgan fingerprint density at radius 1 is 1.29 bits per heavy atom. The molecule has 2 N–H and O–H groups in total. The molecule has 0 aliphatic carbocycles. The van der Waals surface area contributed by atoms with Crippen molar-refractivity contribution < 1.29 is 9.53 Å². The smallest absolute Gasteiger partial charge is 0.270 e. The van der Waals surface area contributed by atoms with Gasteiger partial charge in [-0.05, 0) is 18.4 Å². The molecular formula is C21H22N4O3. The van der Waals surface area contributed by atoms with Crippen LogP contribution in [0, 0.1) is 0 Å². The van der Waals surface area contributed by atoms with Gasteiger partial charge in [-0.2, -0.15) is 5.10 Å². The van der Waals surface area contributed by atoms with Crippen LogP contribution in [0.3, 0.4) is 0 Å². The maximum absolute atomic E-state index is 12.9. The van der Waals surface area contributed by atoms with Gasteiger partial charge in [0.2, 0.25) is 5.43 Å². The molecule has 1 aliphatic heterocycles. The van der Waals surface area contributed by atoms with Gasteiger partial charge in [-0.1, -0.05) is 30.3 Å². The zero-order chi connectivity index (χ0) is 19.5. The molecule has 0 radical (unpaired) electrons. The van der Waals surface area contributed by atoms with Crippen molar-refractivity contribution in [1.29, 1.82) is 0 Å². The molecule has 1 amide bonds. The molecule has 7 nitrogen and oxygen atoms in total. The Morgan fingerprint density at radius 2 is 2.11 bits per heavy atom. The quantitative estimate of drug-likeness (QED) is 0.730. The van der Waals surface area contributed by atoms with E-state index in [1.807, 2.05) is 24.4 Å². The van der Waals surface area contributed by atoms with Crippen molar-refractivity contribution >= 4 is 5.91 Å². The van der Waals surface area contributed by atoms with Crippen LogP contribution in [0.5, 0.6) is 5.75 Å². The predicted octanol–water partition coefficient (Wildman–Crippen LogP) is 2.79. The normalized spacial score (nSPS) is 16.8. The van der Waals surface area contributed by atoms with E-state index in [2.05, 4.69) is 27.3 Å². The number of rotatable bonds is 4. The van der Waals surface area contributed by atoms with Gasteiger partial charge >= 0.3 is 0 Å². The number of pyridine rings is 1. The SMILES string of the molecule is COc1c[nH]c(C(=O)N2CCCC(c3[nH]ncc3-c3ccccc3)C2)cc1=O. The van der Waals surface area contributed by atoms with E-state index < -0.39 is 0 Å². The van der Waals surface area contributed by atoms with E-state index >= 15 is 0 Å². The first-order valence-electron chi connectivity index (χ1n) is 9.32. The Labute approximate surface area is 162 Å². The Kier molecular flexibility index (Phi) is 4.97. The molecule has 0 saturated carbocycles. The van der Waals surface area contributed by atoms with Gasteiger partial charge in [0.25, 0.3) is 5.91 Å². The second-order valence-electron chi connectivity index (χ2n) is 6.93. The second kappa shape index (κ2) is 7.72. The minimum Gasteiger partial charge on any atom is -0.491 e. The summed E-state index contributed by atoms with van der Waals surface area (Å²) in [6, 6.07) is 11.4. The summed E-state index contributed by atoms with van der Waals surface area (Å²) < 4.78 is 4.97. The number of nitrogens with zero attached hydrogens (tertiary/aromatic N) is 2. The van der Waals surface area contributed by atoms with E-state index in [4.69, 9.17) is 4.74 Å². The topological polar surface area (TPSA) is 91.1 Å². The van der Waals surface area contributed by atoms with Crippen LogP contribution in [0.2, 0.25) is 0 Å². The van der Waals surface area contributed by atoms with Crippen LogP contribution in [0.4, 0.5) is 0 Å². The average molecular weight is 378 g/mol. The third-order valence-corrected chi connectivity index (χ3v) is 5.20. The van der Waals surface area contributed by atoms with Gasteiger partial charge in [0.15, 0.2) is 5.75 Å². The van der Waals surface area contributed by atoms with Crippen molar-refractivity contribution in [2.75, 3.05) is 20.2 Å². The molecule has 2 aromatic heterocycles. The molecule has 3 aromatic rings. The van der Waals surface area contributed by atoms with Crippen LogP contribution in [0.15, 0.2) is 53.6 Å². The monoisotopic (exact) mass is 378 g/mol. The van der Waals surface area contributed by atoms with E-state index in [-0.39, 0.29) is 28.7 Å². The molecule has 0 bridgehead atoms. The summed E-state index contributed by atoms with van der Waals surface area (Å²) in [6.45, 7) is 1.24. The second-order valence-corrected chi connectivity index (χ2v) is 6.93. The van der Waals surface area contributed by atoms with Crippen LogP contribution in [0.25, 0.3) is 11.1 Å². The summed E-state index contributed by atoms with van der Waals surface area (Å²) in [5.74, 6) is 0.184. The van der Waals surface area contributed by atoms with Gasteiger partial charge in [-0.3, -0.25) is 14.7 Å². The zero-order valence-electron chi connectivity index (χ0n) is 15.6. The minimum absolute atomic E-state index is 0.167. The molecule has 1 aliphatic rings. The average Bonchev–Trinajstić information content (AvgIpc) is 3.24. The van der Waals surface area contributed by atoms with E-state index in [9.17, 15) is 9.59 Å². The van der Waals surface area contributed by atoms with Crippen molar-refractivity contribution in [3.63, 3.8) is 0 Å². The molecule has 0 spiro atoms. The van der Waals surface area contributed by atoms with Gasteiger partial charge in [0.1, 0.15) is 5.69 Å². The largest absolute Gasteiger partial charge is 0.491 e. The number of carbonyl (C=O) groups is 1. The molecule has 7 heteroatoms. The first-order valence-corrected chi connectivity index (χ1v) is 9.32. The molecule has 3 heterocycles. The Hall–Kier alpha value is -3.35. The summed E-state index contributed by atoms with van der Waals surface area (Å²) in [5, 5.41) is 7.38. The number of hydrogen-bond donors (Lipinski definition) is 2. The number of aromatic amines is 2. The van der Waals surface area contributed by atoms with Crippen LogP contribution in [-0.4, -0.2) is 46.2 Å². The first kappa shape index (κ1) is 18.0. The lowest BCUT2D eigenvalue weighted by molar-refractivity contribution is 0.0700. The molecule has 1 fully saturated rings. The number of ether oxygens (including phenoxy) is 1. The van der Waals surface area contributed by atoms with Crippen molar-refractivity contribution in [3.05, 3.63) is 70.4 Å². The minimum atomic E-state index is -0.307. The lowest BCUT2D eigenvalue weighted by Crippen LogP contribution is -2.40. The predicted molar refractivity (Wildman–Crippen MR) is 106 cm³/mol. The summed E-state index contributed by atoms with van der Waals surface area (Å²) in [6.07, 6.45) is 5.14. The fourth-order valence-electron chi connectivity index (χ4n) is 3.76. The first-order chi connectivity index (χ1) is 13.7. The number of likely N-dealkylation sites (tertiary alicyclic amines) is 1. The van der Waals surface area contributed by atoms with Crippen LogP contribution >= 0.6 is 0 Å². The number of methoxy groups -OCH3 is 1. The highest BCUT2D eigenvalue weighted by Crippen LogP contribution is 2.33. The van der Waals surface area contributed by atoms with Crippen LogP contribution < -0.4 is 10.2 Å². The highest BCUT2D eigenvalue weighted by atomic mass is 16.5. The number of hydrogen-bond acceptors (Lipinski definition) is 4. The van der Waals surface area contributed by atoms with E-state index in [1.54, 1.807) is 4.90 Å². The van der Waals surface area contributed by atoms with Crippen molar-refractivity contribution in [3.8, 4) is 16.9 Å². The van der Waals surface area contributed by atoms with Crippen molar-refractivity contribution in [2.45, 2.75) is 18.8 Å². The maximum Gasteiger partial charge on any atom is 0.270 e. The van der Waals surface area contributed by atoms with E-state index in [0.29, 0.717) is 13.1 Å². The van der Waals surface area contributed by atoms with Crippen LogP contribution in [-0.2, 0) is 0 Å². The summed E-state index contributed by atoms with van der Waals surface area (Å²) in [7, 11) is 1.43. The molecule has 4 rings (SSSR count). The number of amides is 1. The summed E-state index contributed by atoms with van der Waals surface area (Å²) in [5.41, 5.74) is 3.19. The number of nitrogens with one attached hydrogen (secondary N) is 2. The highest BCUT2D eigenvalue weighted by molar-refractivity contribution is 5.92. The number of piperidine rings is 1. The fraction of sp³-hybridized carbons (Fsp3) is 0.286. The standard InChI is InChI=1S/C21H22N4O3/c1-28-19-12-22-17(10-18(19)26)21(27)25-9-5-8-15(13-25)20-16(11-23-24-20)14-6-3-2-4-7-14/h2-4,6-7,10-12,15H,5,8-9,13H2,1H3,(H,22,26)(H,23,24). The number of carbonyl (C=O) groups excluding carboxylic acids is 1. The van der Waals surface area contributed by atoms with Gasteiger partial charge in [-0.15, -0.1) is 0 Å². The molecular weight excluding hydrogens is 356 g/mol. The lowest BCUT2D eigenvalue weighted by atomic mass is 9.90. The molecule has 144 valence electrons. The molecule has 1 unspecified atom stereocenters. The molecule has 1 aromatic carbocycles. The van der Waals surface area contributed by atoms with Gasteiger partial charge in [0, 0.05) is 42.5 Å². The number of H-pyrrole nitrogens is 2. The Bertz CT molecular complexity index is 1030. The maximum atomic E-state index is 12.9. The van der Waals surface area contributed by atoms with Crippen LogP contribution in [0.1, 0.15) is 34.9 Å².